The number of rotatable bonds is 8. The fourth-order valence-electron chi connectivity index (χ4n) is 2.74. The Hall–Kier alpha value is -2.59. The van der Waals surface area contributed by atoms with E-state index in [4.69, 9.17) is 0 Å². The summed E-state index contributed by atoms with van der Waals surface area (Å²) < 4.78 is 0. The lowest BCUT2D eigenvalue weighted by Crippen LogP contribution is -2.18. The Morgan fingerprint density at radius 2 is 1.68 bits per heavy atom. The highest BCUT2D eigenvalue weighted by molar-refractivity contribution is 5.80. The molecule has 1 aromatic heterocycles. The summed E-state index contributed by atoms with van der Waals surface area (Å²) in [5.74, 6) is 0.943. The van der Waals surface area contributed by atoms with Crippen LogP contribution in [0, 0.1) is 0 Å². The molecule has 0 saturated heterocycles. The molecule has 2 aromatic carbocycles. The van der Waals surface area contributed by atoms with Crippen LogP contribution in [0.2, 0.25) is 0 Å². The van der Waals surface area contributed by atoms with Crippen molar-refractivity contribution in [2.45, 2.75) is 13.0 Å². The molecule has 3 rings (SSSR count). The van der Waals surface area contributed by atoms with Gasteiger partial charge in [0, 0.05) is 38.3 Å². The van der Waals surface area contributed by atoms with Crippen LogP contribution in [-0.4, -0.2) is 32.2 Å². The highest BCUT2D eigenvalue weighted by atomic mass is 15.1. The Morgan fingerprint density at radius 3 is 2.48 bits per heavy atom. The summed E-state index contributed by atoms with van der Waals surface area (Å²) in [6.07, 6.45) is 1.06. The van der Waals surface area contributed by atoms with Crippen LogP contribution in [-0.2, 0) is 6.54 Å². The van der Waals surface area contributed by atoms with E-state index in [1.807, 2.05) is 24.3 Å². The summed E-state index contributed by atoms with van der Waals surface area (Å²) in [4.78, 5) is 6.74. The molecule has 1 heterocycles. The average molecular weight is 334 g/mol. The predicted octanol–water partition coefficient (Wildman–Crippen LogP) is 3.89. The molecule has 0 amide bonds. The quantitative estimate of drug-likeness (QED) is 0.613. The molecule has 0 aliphatic heterocycles. The second kappa shape index (κ2) is 8.49. The first-order valence-electron chi connectivity index (χ1n) is 8.79. The van der Waals surface area contributed by atoms with Gasteiger partial charge in [0.15, 0.2) is 0 Å². The minimum absolute atomic E-state index is 0.905. The average Bonchev–Trinajstić information content (AvgIpc) is 2.65. The van der Waals surface area contributed by atoms with Gasteiger partial charge in [0.2, 0.25) is 0 Å². The van der Waals surface area contributed by atoms with Crippen molar-refractivity contribution in [1.82, 2.24) is 10.3 Å². The predicted molar refractivity (Wildman–Crippen MR) is 107 cm³/mol. The Balaban J connectivity index is 1.36. The normalized spacial score (nSPS) is 10.8. The smallest absolute Gasteiger partial charge is 0.126 e. The highest BCUT2D eigenvalue weighted by Gasteiger charge is 1.98. The zero-order chi connectivity index (χ0) is 17.5. The fraction of sp³-hybridized carbons (Fsp3) is 0.286. The van der Waals surface area contributed by atoms with Gasteiger partial charge in [0.25, 0.3) is 0 Å². The summed E-state index contributed by atoms with van der Waals surface area (Å²) >= 11 is 0. The lowest BCUT2D eigenvalue weighted by atomic mass is 10.2. The third-order valence-electron chi connectivity index (χ3n) is 4.22. The molecule has 0 saturated carbocycles. The van der Waals surface area contributed by atoms with E-state index in [0.29, 0.717) is 0 Å². The van der Waals surface area contributed by atoms with Crippen LogP contribution in [0.15, 0.2) is 60.7 Å². The standard InChI is InChI=1S/C21H26N4/c1-25(2)19-11-8-17(9-12-19)16-22-14-5-15-23-21-13-10-18-6-3-4-7-20(18)24-21/h3-4,6-13,22H,5,14-16H2,1-2H3,(H,23,24). The summed E-state index contributed by atoms with van der Waals surface area (Å²) in [6, 6.07) is 21.0. The number of para-hydroxylation sites is 1. The lowest BCUT2D eigenvalue weighted by molar-refractivity contribution is 0.663. The number of hydrogen-bond donors (Lipinski definition) is 2. The van der Waals surface area contributed by atoms with Crippen LogP contribution >= 0.6 is 0 Å². The monoisotopic (exact) mass is 334 g/mol. The van der Waals surface area contributed by atoms with Crippen LogP contribution in [0.3, 0.4) is 0 Å². The van der Waals surface area contributed by atoms with Crippen LogP contribution in [0.5, 0.6) is 0 Å². The van der Waals surface area contributed by atoms with E-state index in [1.54, 1.807) is 0 Å². The first kappa shape index (κ1) is 17.2. The first-order valence-corrected chi connectivity index (χ1v) is 8.79. The van der Waals surface area contributed by atoms with E-state index >= 15 is 0 Å². The van der Waals surface area contributed by atoms with E-state index in [1.165, 1.54) is 16.6 Å². The van der Waals surface area contributed by atoms with Gasteiger partial charge in [-0.2, -0.15) is 0 Å². The minimum Gasteiger partial charge on any atom is -0.378 e. The maximum atomic E-state index is 4.63. The maximum Gasteiger partial charge on any atom is 0.126 e. The number of nitrogens with one attached hydrogen (secondary N) is 2. The molecular weight excluding hydrogens is 308 g/mol. The van der Waals surface area contributed by atoms with Crippen molar-refractivity contribution in [3.63, 3.8) is 0 Å². The first-order chi connectivity index (χ1) is 12.2. The van der Waals surface area contributed by atoms with Gasteiger partial charge in [-0.05, 0) is 48.9 Å². The van der Waals surface area contributed by atoms with Gasteiger partial charge in [-0.3, -0.25) is 0 Å². The van der Waals surface area contributed by atoms with Crippen LogP contribution in [0.4, 0.5) is 11.5 Å². The largest absolute Gasteiger partial charge is 0.378 e. The van der Waals surface area contributed by atoms with Crippen molar-refractivity contribution < 1.29 is 0 Å². The molecule has 0 aliphatic rings. The van der Waals surface area contributed by atoms with Gasteiger partial charge in [-0.25, -0.2) is 4.98 Å². The number of anilines is 2. The highest BCUT2D eigenvalue weighted by Crippen LogP contribution is 2.14. The van der Waals surface area contributed by atoms with Crippen LogP contribution < -0.4 is 15.5 Å². The molecule has 2 N–H and O–H groups in total. The second-order valence-corrected chi connectivity index (χ2v) is 6.41. The minimum atomic E-state index is 0.905. The number of fused-ring (bicyclic) bond motifs is 1. The van der Waals surface area contributed by atoms with Crippen molar-refractivity contribution in [3.05, 3.63) is 66.2 Å². The molecule has 3 aromatic rings. The molecule has 4 heteroatoms. The van der Waals surface area contributed by atoms with Crippen LogP contribution in [0.1, 0.15) is 12.0 Å². The number of aromatic nitrogens is 1. The lowest BCUT2D eigenvalue weighted by Gasteiger charge is -2.13. The van der Waals surface area contributed by atoms with Gasteiger partial charge in [0.05, 0.1) is 5.52 Å². The molecule has 0 spiro atoms. The summed E-state index contributed by atoms with van der Waals surface area (Å²) in [6.45, 7) is 2.80. The van der Waals surface area contributed by atoms with Gasteiger partial charge in [-0.15, -0.1) is 0 Å². The van der Waals surface area contributed by atoms with Crippen molar-refractivity contribution >= 4 is 22.4 Å². The topological polar surface area (TPSA) is 40.2 Å². The molecule has 25 heavy (non-hydrogen) atoms. The zero-order valence-corrected chi connectivity index (χ0v) is 15.0. The van der Waals surface area contributed by atoms with Gasteiger partial charge in [-0.1, -0.05) is 30.3 Å². The molecule has 0 bridgehead atoms. The molecule has 4 nitrogen and oxygen atoms in total. The summed E-state index contributed by atoms with van der Waals surface area (Å²) in [7, 11) is 4.12. The van der Waals surface area contributed by atoms with E-state index in [-0.39, 0.29) is 0 Å². The Kier molecular flexibility index (Phi) is 5.86. The zero-order valence-electron chi connectivity index (χ0n) is 15.0. The number of nitrogens with zero attached hydrogens (tertiary/aromatic N) is 2. The molecule has 0 radical (unpaired) electrons. The third-order valence-corrected chi connectivity index (χ3v) is 4.22. The van der Waals surface area contributed by atoms with E-state index in [9.17, 15) is 0 Å². The second-order valence-electron chi connectivity index (χ2n) is 6.41. The summed E-state index contributed by atoms with van der Waals surface area (Å²) in [5, 5.41) is 8.07. The van der Waals surface area contributed by atoms with Gasteiger partial charge in [0.1, 0.15) is 5.82 Å². The fourth-order valence-corrected chi connectivity index (χ4v) is 2.74. The van der Waals surface area contributed by atoms with Crippen molar-refractivity contribution in [2.75, 3.05) is 37.4 Å². The Labute approximate surface area is 149 Å². The molecule has 0 atom stereocenters. The molecular formula is C21H26N4. The summed E-state index contributed by atoms with van der Waals surface area (Å²) in [5.41, 5.74) is 3.58. The van der Waals surface area contributed by atoms with E-state index in [0.717, 1.165) is 37.4 Å². The number of hydrogen-bond acceptors (Lipinski definition) is 4. The number of pyridine rings is 1. The van der Waals surface area contributed by atoms with E-state index < -0.39 is 0 Å². The Morgan fingerprint density at radius 1 is 0.880 bits per heavy atom. The van der Waals surface area contributed by atoms with Gasteiger partial charge < -0.3 is 15.5 Å². The van der Waals surface area contributed by atoms with Crippen molar-refractivity contribution in [2.24, 2.45) is 0 Å². The van der Waals surface area contributed by atoms with Crippen molar-refractivity contribution in [3.8, 4) is 0 Å². The molecule has 0 unspecified atom stereocenters. The SMILES string of the molecule is CN(C)c1ccc(CNCCCNc2ccc3ccccc3n2)cc1. The van der Waals surface area contributed by atoms with E-state index in [2.05, 4.69) is 71.0 Å². The van der Waals surface area contributed by atoms with Crippen LogP contribution in [0.25, 0.3) is 10.9 Å². The Bertz CT molecular complexity index is 796. The molecule has 130 valence electrons. The molecule has 0 aliphatic carbocycles. The number of benzene rings is 2. The molecule has 0 fully saturated rings. The van der Waals surface area contributed by atoms with Crippen molar-refractivity contribution in [1.29, 1.82) is 0 Å². The third kappa shape index (κ3) is 4.94. The van der Waals surface area contributed by atoms with Gasteiger partial charge >= 0.3 is 0 Å². The maximum absolute atomic E-state index is 4.63.